The molecule has 0 heterocycles. The molecule has 0 spiro atoms. The summed E-state index contributed by atoms with van der Waals surface area (Å²) in [6.07, 6.45) is 5.11. The number of hydrogen-bond donors (Lipinski definition) is 1. The van der Waals surface area contributed by atoms with Gasteiger partial charge in [0.05, 0.1) is 10.6 Å². The SMILES string of the molecule is Cc1ccc(S(=O)(=O)N/N=C2/C(=C/c3ccccc3)CCC[C@H]2C)cc1. The van der Waals surface area contributed by atoms with Crippen molar-refractivity contribution in [3.05, 3.63) is 71.3 Å². The van der Waals surface area contributed by atoms with Crippen LogP contribution in [0.5, 0.6) is 0 Å². The zero-order valence-corrected chi connectivity index (χ0v) is 16.0. The summed E-state index contributed by atoms with van der Waals surface area (Å²) >= 11 is 0. The van der Waals surface area contributed by atoms with Gasteiger partial charge in [-0.2, -0.15) is 18.4 Å². The average molecular weight is 369 g/mol. The van der Waals surface area contributed by atoms with Crippen molar-refractivity contribution in [1.29, 1.82) is 0 Å². The molecule has 1 aliphatic rings. The Morgan fingerprint density at radius 3 is 2.46 bits per heavy atom. The van der Waals surface area contributed by atoms with Crippen LogP contribution in [0.2, 0.25) is 0 Å². The second-order valence-corrected chi connectivity index (χ2v) is 8.44. The topological polar surface area (TPSA) is 58.5 Å². The number of hydrogen-bond acceptors (Lipinski definition) is 3. The molecule has 1 fully saturated rings. The summed E-state index contributed by atoms with van der Waals surface area (Å²) in [7, 11) is -3.66. The van der Waals surface area contributed by atoms with Crippen LogP contribution < -0.4 is 4.83 Å². The van der Waals surface area contributed by atoms with Gasteiger partial charge in [0.2, 0.25) is 0 Å². The van der Waals surface area contributed by atoms with Crippen molar-refractivity contribution < 1.29 is 8.42 Å². The molecular formula is C21H24N2O2S. The predicted molar refractivity (Wildman–Crippen MR) is 106 cm³/mol. The number of hydrazone groups is 1. The molecular weight excluding hydrogens is 344 g/mol. The maximum Gasteiger partial charge on any atom is 0.276 e. The minimum absolute atomic E-state index is 0.222. The van der Waals surface area contributed by atoms with Crippen LogP contribution in [-0.2, 0) is 10.0 Å². The van der Waals surface area contributed by atoms with E-state index in [0.717, 1.165) is 41.7 Å². The minimum atomic E-state index is -3.66. The fraction of sp³-hybridized carbons (Fsp3) is 0.286. The van der Waals surface area contributed by atoms with Crippen molar-refractivity contribution in [2.24, 2.45) is 11.0 Å². The van der Waals surface area contributed by atoms with Crippen molar-refractivity contribution in [1.82, 2.24) is 4.83 Å². The Morgan fingerprint density at radius 2 is 1.77 bits per heavy atom. The summed E-state index contributed by atoms with van der Waals surface area (Å²) in [5, 5.41) is 4.32. The fourth-order valence-electron chi connectivity index (χ4n) is 3.14. The van der Waals surface area contributed by atoms with Crippen LogP contribution in [0.15, 0.2) is 70.2 Å². The Labute approximate surface area is 155 Å². The van der Waals surface area contributed by atoms with Gasteiger partial charge in [-0.1, -0.05) is 55.0 Å². The average Bonchev–Trinajstić information content (AvgIpc) is 2.62. The van der Waals surface area contributed by atoms with Gasteiger partial charge in [0, 0.05) is 5.92 Å². The molecule has 26 heavy (non-hydrogen) atoms. The van der Waals surface area contributed by atoms with E-state index >= 15 is 0 Å². The lowest BCUT2D eigenvalue weighted by atomic mass is 9.84. The molecule has 4 nitrogen and oxygen atoms in total. The lowest BCUT2D eigenvalue weighted by Gasteiger charge is -2.23. The minimum Gasteiger partial charge on any atom is -0.200 e. The molecule has 1 saturated carbocycles. The summed E-state index contributed by atoms with van der Waals surface area (Å²) in [5.74, 6) is 0.222. The Kier molecular flexibility index (Phi) is 5.57. The molecule has 0 unspecified atom stereocenters. The third-order valence-corrected chi connectivity index (χ3v) is 5.86. The van der Waals surface area contributed by atoms with E-state index < -0.39 is 10.0 Å². The first-order valence-corrected chi connectivity index (χ1v) is 10.4. The van der Waals surface area contributed by atoms with E-state index in [2.05, 4.69) is 22.9 Å². The number of allylic oxidation sites excluding steroid dienone is 1. The van der Waals surface area contributed by atoms with Gasteiger partial charge in [0.25, 0.3) is 10.0 Å². The van der Waals surface area contributed by atoms with Crippen molar-refractivity contribution in [2.45, 2.75) is 38.0 Å². The summed E-state index contributed by atoms with van der Waals surface area (Å²) in [4.78, 5) is 2.66. The summed E-state index contributed by atoms with van der Waals surface area (Å²) in [6.45, 7) is 4.02. The van der Waals surface area contributed by atoms with Crippen molar-refractivity contribution in [2.75, 3.05) is 0 Å². The number of sulfonamides is 1. The molecule has 0 saturated heterocycles. The highest BCUT2D eigenvalue weighted by molar-refractivity contribution is 7.89. The molecule has 0 aliphatic heterocycles. The van der Waals surface area contributed by atoms with Gasteiger partial charge in [-0.05, 0) is 55.5 Å². The number of nitrogens with one attached hydrogen (secondary N) is 1. The van der Waals surface area contributed by atoms with Gasteiger partial charge in [-0.15, -0.1) is 0 Å². The summed E-state index contributed by atoms with van der Waals surface area (Å²) in [5.41, 5.74) is 4.05. The summed E-state index contributed by atoms with van der Waals surface area (Å²) in [6, 6.07) is 16.8. The van der Waals surface area contributed by atoms with Gasteiger partial charge >= 0.3 is 0 Å². The lowest BCUT2D eigenvalue weighted by molar-refractivity contribution is 0.579. The van der Waals surface area contributed by atoms with E-state index in [1.807, 2.05) is 37.3 Å². The first-order valence-electron chi connectivity index (χ1n) is 8.88. The van der Waals surface area contributed by atoms with E-state index in [1.54, 1.807) is 24.3 Å². The monoisotopic (exact) mass is 368 g/mol. The number of benzene rings is 2. The second kappa shape index (κ2) is 7.87. The maximum absolute atomic E-state index is 12.5. The molecule has 2 aromatic carbocycles. The quantitative estimate of drug-likeness (QED) is 0.806. The van der Waals surface area contributed by atoms with Gasteiger partial charge in [-0.3, -0.25) is 0 Å². The third kappa shape index (κ3) is 4.41. The van der Waals surface area contributed by atoms with Crippen LogP contribution >= 0.6 is 0 Å². The smallest absolute Gasteiger partial charge is 0.200 e. The molecule has 1 aliphatic carbocycles. The van der Waals surface area contributed by atoms with Gasteiger partial charge in [-0.25, -0.2) is 0 Å². The number of rotatable bonds is 4. The van der Waals surface area contributed by atoms with Gasteiger partial charge in [0.15, 0.2) is 0 Å². The molecule has 1 N–H and O–H groups in total. The highest BCUT2D eigenvalue weighted by atomic mass is 32.2. The Morgan fingerprint density at radius 1 is 1.08 bits per heavy atom. The lowest BCUT2D eigenvalue weighted by Crippen LogP contribution is -2.26. The first-order chi connectivity index (χ1) is 12.5. The van der Waals surface area contributed by atoms with Gasteiger partial charge < -0.3 is 0 Å². The highest BCUT2D eigenvalue weighted by Gasteiger charge is 2.22. The van der Waals surface area contributed by atoms with Crippen LogP contribution in [0.3, 0.4) is 0 Å². The predicted octanol–water partition coefficient (Wildman–Crippen LogP) is 4.53. The molecule has 1 atom stereocenters. The van der Waals surface area contributed by atoms with Crippen LogP contribution in [0.4, 0.5) is 0 Å². The molecule has 0 amide bonds. The molecule has 0 aromatic heterocycles. The normalized spacial score (nSPS) is 21.1. The molecule has 5 heteroatoms. The van der Waals surface area contributed by atoms with Crippen LogP contribution in [0, 0.1) is 12.8 Å². The third-order valence-electron chi connectivity index (χ3n) is 4.64. The standard InChI is InChI=1S/C21H24N2O2S/c1-16-11-13-20(14-12-16)26(24,25)23-22-21-17(2)7-6-10-19(21)15-18-8-4-3-5-9-18/h3-5,8-9,11-15,17,23H,6-7,10H2,1-2H3/b19-15+,22-21+/t17-/m1/s1. The van der Waals surface area contributed by atoms with E-state index in [4.69, 9.17) is 0 Å². The van der Waals surface area contributed by atoms with Crippen molar-refractivity contribution in [3.8, 4) is 0 Å². The largest absolute Gasteiger partial charge is 0.276 e. The van der Waals surface area contributed by atoms with E-state index in [1.165, 1.54) is 0 Å². The van der Waals surface area contributed by atoms with Crippen molar-refractivity contribution >= 4 is 21.8 Å². The Hall–Kier alpha value is -2.40. The van der Waals surface area contributed by atoms with E-state index in [0.29, 0.717) is 0 Å². The van der Waals surface area contributed by atoms with Crippen LogP contribution in [0.25, 0.3) is 6.08 Å². The molecule has 2 aromatic rings. The zero-order valence-electron chi connectivity index (χ0n) is 15.1. The second-order valence-electron chi connectivity index (χ2n) is 6.78. The zero-order chi connectivity index (χ0) is 18.6. The highest BCUT2D eigenvalue weighted by Crippen LogP contribution is 2.27. The molecule has 0 radical (unpaired) electrons. The summed E-state index contributed by atoms with van der Waals surface area (Å²) < 4.78 is 25.0. The van der Waals surface area contributed by atoms with Crippen LogP contribution in [-0.4, -0.2) is 14.1 Å². The first kappa shape index (κ1) is 18.4. The Bertz CT molecular complexity index is 914. The van der Waals surface area contributed by atoms with E-state index in [9.17, 15) is 8.42 Å². The van der Waals surface area contributed by atoms with Crippen molar-refractivity contribution in [3.63, 3.8) is 0 Å². The van der Waals surface area contributed by atoms with Gasteiger partial charge in [0.1, 0.15) is 0 Å². The maximum atomic E-state index is 12.5. The fourth-order valence-corrected chi connectivity index (χ4v) is 3.96. The molecule has 3 rings (SSSR count). The number of nitrogens with zero attached hydrogens (tertiary/aromatic N) is 1. The molecule has 136 valence electrons. The van der Waals surface area contributed by atoms with E-state index in [-0.39, 0.29) is 10.8 Å². The number of aryl methyl sites for hydroxylation is 1. The van der Waals surface area contributed by atoms with Crippen LogP contribution in [0.1, 0.15) is 37.3 Å². The molecule has 0 bridgehead atoms. The Balaban J connectivity index is 1.88.